The number of carboxylic acids is 1. The van der Waals surface area contributed by atoms with Crippen molar-refractivity contribution in [2.24, 2.45) is 11.7 Å². The lowest BCUT2D eigenvalue weighted by atomic mass is 10.1. The first kappa shape index (κ1) is 18.0. The highest BCUT2D eigenvalue weighted by Crippen LogP contribution is 2.26. The zero-order valence-corrected chi connectivity index (χ0v) is 12.2. The number of allylic oxidation sites excluding steroid dienone is 1. The number of hydrogen-bond acceptors (Lipinski definition) is 4. The highest BCUT2D eigenvalue weighted by molar-refractivity contribution is 5.73. The Morgan fingerprint density at radius 2 is 2.10 bits per heavy atom. The van der Waals surface area contributed by atoms with Crippen molar-refractivity contribution in [3.8, 4) is 11.5 Å². The molecule has 0 unspecified atom stereocenters. The Balaban J connectivity index is 0.000000396. The van der Waals surface area contributed by atoms with E-state index in [0.29, 0.717) is 5.75 Å². The zero-order chi connectivity index (χ0) is 15.7. The first-order valence-corrected chi connectivity index (χ1v) is 6.28. The van der Waals surface area contributed by atoms with Gasteiger partial charge in [0.05, 0.1) is 7.11 Å². The largest absolute Gasteiger partial charge is 0.504 e. The summed E-state index contributed by atoms with van der Waals surface area (Å²) in [5, 5.41) is 17.5. The first-order valence-electron chi connectivity index (χ1n) is 6.28. The van der Waals surface area contributed by atoms with Gasteiger partial charge < -0.3 is 20.7 Å². The fourth-order valence-electron chi connectivity index (χ4n) is 1.30. The molecule has 0 saturated heterocycles. The number of rotatable bonds is 5. The van der Waals surface area contributed by atoms with E-state index in [4.69, 9.17) is 15.6 Å². The normalized spacial score (nSPS) is 11.2. The van der Waals surface area contributed by atoms with Crippen molar-refractivity contribution in [2.45, 2.75) is 26.3 Å². The third-order valence-corrected chi connectivity index (χ3v) is 2.63. The molecule has 1 aromatic carbocycles. The average Bonchev–Trinajstić information content (AvgIpc) is 2.40. The first-order chi connectivity index (χ1) is 9.33. The highest BCUT2D eigenvalue weighted by atomic mass is 16.5. The van der Waals surface area contributed by atoms with Crippen LogP contribution >= 0.6 is 0 Å². The minimum Gasteiger partial charge on any atom is -0.504 e. The molecule has 0 radical (unpaired) electrons. The van der Waals surface area contributed by atoms with Gasteiger partial charge in [0.1, 0.15) is 6.04 Å². The van der Waals surface area contributed by atoms with E-state index in [1.165, 1.54) is 7.11 Å². The van der Waals surface area contributed by atoms with E-state index in [1.54, 1.807) is 26.0 Å². The van der Waals surface area contributed by atoms with Gasteiger partial charge in [-0.3, -0.25) is 4.79 Å². The van der Waals surface area contributed by atoms with E-state index in [2.05, 4.69) is 6.58 Å². The number of carbonyl (C=O) groups is 1. The van der Waals surface area contributed by atoms with E-state index >= 15 is 0 Å². The lowest BCUT2D eigenvalue weighted by molar-refractivity contribution is -0.139. The number of methoxy groups -OCH3 is 1. The van der Waals surface area contributed by atoms with Crippen LogP contribution in [0.4, 0.5) is 0 Å². The second kappa shape index (κ2) is 8.98. The molecule has 1 rings (SSSR count). The van der Waals surface area contributed by atoms with Gasteiger partial charge in [-0.15, -0.1) is 6.58 Å². The van der Waals surface area contributed by atoms with E-state index < -0.39 is 12.0 Å². The van der Waals surface area contributed by atoms with Crippen LogP contribution in [0.15, 0.2) is 30.9 Å². The number of aliphatic carboxylic acids is 1. The summed E-state index contributed by atoms with van der Waals surface area (Å²) in [7, 11) is 1.53. The molecule has 1 atom stereocenters. The number of phenols is 1. The molecule has 0 fully saturated rings. The molecule has 112 valence electrons. The summed E-state index contributed by atoms with van der Waals surface area (Å²) in [5.74, 6) is -0.229. The van der Waals surface area contributed by atoms with Gasteiger partial charge in [-0.25, -0.2) is 0 Å². The summed E-state index contributed by atoms with van der Waals surface area (Å²) in [5.41, 5.74) is 6.24. The maximum atomic E-state index is 10.0. The van der Waals surface area contributed by atoms with Crippen LogP contribution in [0, 0.1) is 5.92 Å². The number of carboxylic acid groups (broad SMARTS) is 1. The quantitative estimate of drug-likeness (QED) is 0.719. The number of nitrogens with two attached hydrogens (primary N) is 1. The Bertz CT molecular complexity index is 443. The van der Waals surface area contributed by atoms with Crippen LogP contribution in [-0.2, 0) is 11.2 Å². The van der Waals surface area contributed by atoms with Gasteiger partial charge in [0.2, 0.25) is 0 Å². The molecule has 1 aromatic rings. The van der Waals surface area contributed by atoms with Crippen molar-refractivity contribution in [1.82, 2.24) is 0 Å². The van der Waals surface area contributed by atoms with Gasteiger partial charge in [0.15, 0.2) is 11.5 Å². The van der Waals surface area contributed by atoms with Crippen molar-refractivity contribution < 1.29 is 19.7 Å². The Hall–Kier alpha value is -2.01. The molecule has 0 aliphatic carbocycles. The maximum absolute atomic E-state index is 10.0. The molecule has 0 spiro atoms. The third kappa shape index (κ3) is 6.24. The predicted molar refractivity (Wildman–Crippen MR) is 79.0 cm³/mol. The van der Waals surface area contributed by atoms with E-state index in [-0.39, 0.29) is 11.7 Å². The van der Waals surface area contributed by atoms with Crippen molar-refractivity contribution in [2.75, 3.05) is 7.11 Å². The molecular formula is C15H23NO4. The smallest absolute Gasteiger partial charge is 0.320 e. The van der Waals surface area contributed by atoms with E-state index in [0.717, 1.165) is 12.0 Å². The summed E-state index contributed by atoms with van der Waals surface area (Å²) in [6.07, 6.45) is 2.60. The Morgan fingerprint density at radius 3 is 2.45 bits per heavy atom. The monoisotopic (exact) mass is 281 g/mol. The summed E-state index contributed by atoms with van der Waals surface area (Å²) in [6.45, 7) is 7.18. The van der Waals surface area contributed by atoms with Crippen LogP contribution in [0.3, 0.4) is 0 Å². The van der Waals surface area contributed by atoms with Crippen LogP contribution in [0.2, 0.25) is 0 Å². The van der Waals surface area contributed by atoms with Crippen molar-refractivity contribution in [3.63, 3.8) is 0 Å². The van der Waals surface area contributed by atoms with E-state index in [1.807, 2.05) is 12.1 Å². The van der Waals surface area contributed by atoms with Gasteiger partial charge in [0.25, 0.3) is 0 Å². The molecule has 0 heterocycles. The second-order valence-corrected chi connectivity index (χ2v) is 4.61. The average molecular weight is 281 g/mol. The Kier molecular flexibility index (Phi) is 8.08. The number of hydrogen-bond donors (Lipinski definition) is 3. The fourth-order valence-corrected chi connectivity index (χ4v) is 1.30. The zero-order valence-electron chi connectivity index (χ0n) is 12.2. The SMILES string of the molecule is C=CCc1ccc(O)c(OC)c1.CC(C)[C@H](N)C(=O)O. The minimum atomic E-state index is -0.931. The minimum absolute atomic E-state index is 0.0208. The van der Waals surface area contributed by atoms with Crippen LogP contribution < -0.4 is 10.5 Å². The lowest BCUT2D eigenvalue weighted by Crippen LogP contribution is -2.34. The fraction of sp³-hybridized carbons (Fsp3) is 0.400. The van der Waals surface area contributed by atoms with Crippen LogP contribution in [0.5, 0.6) is 11.5 Å². The summed E-state index contributed by atoms with van der Waals surface area (Å²) in [6, 6.07) is 4.56. The number of ether oxygens (including phenoxy) is 1. The van der Waals surface area contributed by atoms with Crippen LogP contribution in [0.1, 0.15) is 19.4 Å². The van der Waals surface area contributed by atoms with Gasteiger partial charge in [-0.1, -0.05) is 26.0 Å². The van der Waals surface area contributed by atoms with E-state index in [9.17, 15) is 9.90 Å². The molecule has 0 aliphatic rings. The lowest BCUT2D eigenvalue weighted by Gasteiger charge is -2.07. The number of phenolic OH excluding ortho intramolecular Hbond substituents is 1. The summed E-state index contributed by atoms with van der Waals surface area (Å²) < 4.78 is 4.95. The van der Waals surface area contributed by atoms with Crippen molar-refractivity contribution in [1.29, 1.82) is 0 Å². The molecular weight excluding hydrogens is 258 g/mol. The van der Waals surface area contributed by atoms with Gasteiger partial charge >= 0.3 is 5.97 Å². The maximum Gasteiger partial charge on any atom is 0.320 e. The molecule has 0 aliphatic heterocycles. The van der Waals surface area contributed by atoms with Crippen molar-refractivity contribution >= 4 is 5.97 Å². The highest BCUT2D eigenvalue weighted by Gasteiger charge is 2.14. The molecule has 0 aromatic heterocycles. The standard InChI is InChI=1S/C10H12O2.C5H11NO2/c1-3-4-8-5-6-9(11)10(7-8)12-2;1-3(2)4(6)5(7)8/h3,5-7,11H,1,4H2,2H3;3-4H,6H2,1-2H3,(H,7,8)/t;4-/m.0/s1. The topological polar surface area (TPSA) is 92.8 Å². The van der Waals surface area contributed by atoms with Crippen molar-refractivity contribution in [3.05, 3.63) is 36.4 Å². The second-order valence-electron chi connectivity index (χ2n) is 4.61. The van der Waals surface area contributed by atoms with Gasteiger partial charge in [-0.05, 0) is 30.0 Å². The van der Waals surface area contributed by atoms with Crippen LogP contribution in [-0.4, -0.2) is 29.3 Å². The predicted octanol–water partition coefficient (Wildman–Crippen LogP) is 2.18. The molecule has 20 heavy (non-hydrogen) atoms. The van der Waals surface area contributed by atoms with Gasteiger partial charge in [0, 0.05) is 0 Å². The molecule has 0 amide bonds. The molecule has 0 bridgehead atoms. The third-order valence-electron chi connectivity index (χ3n) is 2.63. The molecule has 5 nitrogen and oxygen atoms in total. The Labute approximate surface area is 119 Å². The summed E-state index contributed by atoms with van der Waals surface area (Å²) >= 11 is 0. The Morgan fingerprint density at radius 1 is 1.50 bits per heavy atom. The van der Waals surface area contributed by atoms with Gasteiger partial charge in [-0.2, -0.15) is 0 Å². The molecule has 0 saturated carbocycles. The molecule has 5 heteroatoms. The summed E-state index contributed by atoms with van der Waals surface area (Å²) in [4.78, 5) is 10.0. The number of benzene rings is 1. The number of aromatic hydroxyl groups is 1. The van der Waals surface area contributed by atoms with Crippen LogP contribution in [0.25, 0.3) is 0 Å². The molecule has 4 N–H and O–H groups in total.